The molecule has 0 aromatic rings. The molecule has 116 valence electrons. The molecular weight excluding hydrogens is 248 g/mol. The molecule has 0 saturated heterocycles. The molecule has 0 aromatic carbocycles. The lowest BCUT2D eigenvalue weighted by Gasteiger charge is -2.04. The van der Waals surface area contributed by atoms with E-state index in [0.29, 0.717) is 13.0 Å². The van der Waals surface area contributed by atoms with E-state index in [2.05, 4.69) is 25.2 Å². The molecular formula is C18H32O2. The van der Waals surface area contributed by atoms with Crippen molar-refractivity contribution in [2.45, 2.75) is 78.1 Å². The molecule has 0 unspecified atom stereocenters. The zero-order valence-corrected chi connectivity index (χ0v) is 13.4. The summed E-state index contributed by atoms with van der Waals surface area (Å²) >= 11 is 0. The SMILES string of the molecule is CC=CCCCCCCCCC(=O)OCCC/C=C/C. The van der Waals surface area contributed by atoms with E-state index in [1.165, 1.54) is 32.1 Å². The lowest BCUT2D eigenvalue weighted by molar-refractivity contribution is -0.143. The van der Waals surface area contributed by atoms with Crippen molar-refractivity contribution >= 4 is 5.97 Å². The van der Waals surface area contributed by atoms with Gasteiger partial charge < -0.3 is 4.74 Å². The topological polar surface area (TPSA) is 26.3 Å². The van der Waals surface area contributed by atoms with Crippen LogP contribution in [-0.4, -0.2) is 12.6 Å². The van der Waals surface area contributed by atoms with E-state index in [0.717, 1.165) is 25.7 Å². The minimum atomic E-state index is -0.0291. The number of carbonyl (C=O) groups is 1. The van der Waals surface area contributed by atoms with Crippen LogP contribution in [0.3, 0.4) is 0 Å². The number of hydrogen-bond donors (Lipinski definition) is 0. The molecule has 0 aliphatic carbocycles. The highest BCUT2D eigenvalue weighted by Gasteiger charge is 2.01. The monoisotopic (exact) mass is 280 g/mol. The second-order valence-electron chi connectivity index (χ2n) is 5.16. The van der Waals surface area contributed by atoms with Crippen molar-refractivity contribution in [1.29, 1.82) is 0 Å². The third kappa shape index (κ3) is 15.0. The first-order valence-electron chi connectivity index (χ1n) is 8.19. The molecule has 0 spiro atoms. The van der Waals surface area contributed by atoms with Gasteiger partial charge in [-0.1, -0.05) is 50.0 Å². The van der Waals surface area contributed by atoms with Crippen LogP contribution in [0.15, 0.2) is 24.3 Å². The van der Waals surface area contributed by atoms with E-state index in [1.807, 2.05) is 13.0 Å². The zero-order chi connectivity index (χ0) is 14.9. The molecule has 0 atom stereocenters. The Bertz CT molecular complexity index is 267. The maximum atomic E-state index is 11.4. The van der Waals surface area contributed by atoms with Crippen molar-refractivity contribution in [2.75, 3.05) is 6.61 Å². The highest BCUT2D eigenvalue weighted by molar-refractivity contribution is 5.69. The van der Waals surface area contributed by atoms with Gasteiger partial charge in [0.25, 0.3) is 0 Å². The summed E-state index contributed by atoms with van der Waals surface area (Å²) in [5.74, 6) is -0.0291. The number of rotatable bonds is 13. The molecule has 2 nitrogen and oxygen atoms in total. The molecule has 0 fully saturated rings. The number of hydrogen-bond acceptors (Lipinski definition) is 2. The normalized spacial score (nSPS) is 11.5. The highest BCUT2D eigenvalue weighted by Crippen LogP contribution is 2.09. The molecule has 0 radical (unpaired) electrons. The van der Waals surface area contributed by atoms with Crippen LogP contribution in [-0.2, 0) is 9.53 Å². The Morgan fingerprint density at radius 3 is 2.00 bits per heavy atom. The van der Waals surface area contributed by atoms with Crippen molar-refractivity contribution < 1.29 is 9.53 Å². The van der Waals surface area contributed by atoms with Crippen LogP contribution in [0.1, 0.15) is 78.1 Å². The fourth-order valence-corrected chi connectivity index (χ4v) is 2.03. The van der Waals surface area contributed by atoms with Gasteiger partial charge in [-0.3, -0.25) is 4.79 Å². The number of allylic oxidation sites excluding steroid dienone is 4. The van der Waals surface area contributed by atoms with Crippen LogP contribution in [0.4, 0.5) is 0 Å². The van der Waals surface area contributed by atoms with E-state index in [-0.39, 0.29) is 5.97 Å². The fraction of sp³-hybridized carbons (Fsp3) is 0.722. The first kappa shape index (κ1) is 18.9. The Morgan fingerprint density at radius 2 is 1.35 bits per heavy atom. The maximum absolute atomic E-state index is 11.4. The standard InChI is InChI=1S/C18H32O2/c1-3-5-7-9-10-11-12-13-14-16-18(19)20-17-15-8-6-4-2/h3-6H,7-17H2,1-2H3/b5-3?,6-4+. The molecule has 0 aliphatic heterocycles. The van der Waals surface area contributed by atoms with Crippen molar-refractivity contribution in [3.63, 3.8) is 0 Å². The summed E-state index contributed by atoms with van der Waals surface area (Å²) in [4.78, 5) is 11.4. The van der Waals surface area contributed by atoms with E-state index in [4.69, 9.17) is 4.74 Å². The van der Waals surface area contributed by atoms with Gasteiger partial charge in [0.2, 0.25) is 0 Å². The molecule has 0 amide bonds. The first-order valence-corrected chi connectivity index (χ1v) is 8.19. The van der Waals surface area contributed by atoms with E-state index in [1.54, 1.807) is 0 Å². The largest absolute Gasteiger partial charge is 0.466 e. The van der Waals surface area contributed by atoms with Crippen LogP contribution in [0.2, 0.25) is 0 Å². The van der Waals surface area contributed by atoms with Crippen molar-refractivity contribution in [2.24, 2.45) is 0 Å². The van der Waals surface area contributed by atoms with Crippen molar-refractivity contribution in [3.05, 3.63) is 24.3 Å². The molecule has 2 heteroatoms. The summed E-state index contributed by atoms with van der Waals surface area (Å²) < 4.78 is 5.18. The van der Waals surface area contributed by atoms with Crippen molar-refractivity contribution in [1.82, 2.24) is 0 Å². The molecule has 0 N–H and O–H groups in total. The van der Waals surface area contributed by atoms with E-state index < -0.39 is 0 Å². The van der Waals surface area contributed by atoms with Crippen LogP contribution in [0.5, 0.6) is 0 Å². The lowest BCUT2D eigenvalue weighted by atomic mass is 10.1. The minimum absolute atomic E-state index is 0.0291. The molecule has 0 saturated carbocycles. The minimum Gasteiger partial charge on any atom is -0.466 e. The summed E-state index contributed by atoms with van der Waals surface area (Å²) in [5, 5.41) is 0. The van der Waals surface area contributed by atoms with Gasteiger partial charge in [-0.15, -0.1) is 0 Å². The fourth-order valence-electron chi connectivity index (χ4n) is 2.03. The summed E-state index contributed by atoms with van der Waals surface area (Å²) in [6, 6.07) is 0. The third-order valence-electron chi connectivity index (χ3n) is 3.25. The van der Waals surface area contributed by atoms with Gasteiger partial charge in [-0.25, -0.2) is 0 Å². The molecule has 0 bridgehead atoms. The van der Waals surface area contributed by atoms with Crippen LogP contribution in [0, 0.1) is 0 Å². The van der Waals surface area contributed by atoms with Gasteiger partial charge in [0.1, 0.15) is 0 Å². The third-order valence-corrected chi connectivity index (χ3v) is 3.25. The Kier molecular flexibility index (Phi) is 15.2. The van der Waals surface area contributed by atoms with Crippen LogP contribution in [0.25, 0.3) is 0 Å². The van der Waals surface area contributed by atoms with Crippen LogP contribution >= 0.6 is 0 Å². The smallest absolute Gasteiger partial charge is 0.305 e. The lowest BCUT2D eigenvalue weighted by Crippen LogP contribution is -2.05. The summed E-state index contributed by atoms with van der Waals surface area (Å²) in [6.45, 7) is 4.64. The number of esters is 1. The summed E-state index contributed by atoms with van der Waals surface area (Å²) in [7, 11) is 0. The molecule has 0 aliphatic rings. The quantitative estimate of drug-likeness (QED) is 0.250. The van der Waals surface area contributed by atoms with E-state index in [9.17, 15) is 4.79 Å². The average Bonchev–Trinajstić information content (AvgIpc) is 2.45. The molecule has 20 heavy (non-hydrogen) atoms. The number of unbranched alkanes of at least 4 members (excludes halogenated alkanes) is 7. The Balaban J connectivity index is 3.19. The average molecular weight is 280 g/mol. The van der Waals surface area contributed by atoms with Crippen LogP contribution < -0.4 is 0 Å². The van der Waals surface area contributed by atoms with Gasteiger partial charge in [-0.05, 0) is 46.0 Å². The summed E-state index contributed by atoms with van der Waals surface area (Å²) in [5.41, 5.74) is 0. The Hall–Kier alpha value is -1.05. The highest BCUT2D eigenvalue weighted by atomic mass is 16.5. The van der Waals surface area contributed by atoms with Crippen molar-refractivity contribution in [3.8, 4) is 0 Å². The van der Waals surface area contributed by atoms with Gasteiger partial charge in [-0.2, -0.15) is 0 Å². The predicted octanol–water partition coefficient (Wildman–Crippen LogP) is 5.58. The predicted molar refractivity (Wildman–Crippen MR) is 86.8 cm³/mol. The zero-order valence-electron chi connectivity index (χ0n) is 13.4. The number of carbonyl (C=O) groups excluding carboxylic acids is 1. The Labute approximate surface area is 125 Å². The van der Waals surface area contributed by atoms with Gasteiger partial charge in [0.15, 0.2) is 0 Å². The van der Waals surface area contributed by atoms with Gasteiger partial charge in [0.05, 0.1) is 6.61 Å². The molecule has 0 aromatic heterocycles. The molecule has 0 rings (SSSR count). The number of ether oxygens (including phenoxy) is 1. The molecule has 0 heterocycles. The summed E-state index contributed by atoms with van der Waals surface area (Å²) in [6.07, 6.45) is 19.4. The van der Waals surface area contributed by atoms with Gasteiger partial charge >= 0.3 is 5.97 Å². The van der Waals surface area contributed by atoms with Gasteiger partial charge in [0, 0.05) is 6.42 Å². The second kappa shape index (κ2) is 16.0. The Morgan fingerprint density at radius 1 is 0.800 bits per heavy atom. The second-order valence-corrected chi connectivity index (χ2v) is 5.16. The van der Waals surface area contributed by atoms with E-state index >= 15 is 0 Å². The first-order chi connectivity index (χ1) is 9.81. The maximum Gasteiger partial charge on any atom is 0.305 e.